The molecule has 1 saturated heterocycles. The molecule has 0 radical (unpaired) electrons. The van der Waals surface area contributed by atoms with Crippen LogP contribution in [0, 0.1) is 0 Å². The van der Waals surface area contributed by atoms with E-state index < -0.39 is 59.8 Å². The number of aromatic amines is 1. The zero-order valence-corrected chi connectivity index (χ0v) is 23.9. The number of amides is 2. The molecule has 9 N–H and O–H groups in total. The minimum atomic E-state index is -2.28. The molecule has 1 fully saturated rings. The molecule has 1 aliphatic rings. The predicted molar refractivity (Wildman–Crippen MR) is 150 cm³/mol. The normalized spacial score (nSPS) is 22.1. The average molecular weight is 611 g/mol. The van der Waals surface area contributed by atoms with E-state index >= 15 is 0 Å². The fourth-order valence-electron chi connectivity index (χ4n) is 3.59. The van der Waals surface area contributed by atoms with Gasteiger partial charge in [-0.15, -0.1) is 0 Å². The Hall–Kier alpha value is -3.79. The Kier molecular flexibility index (Phi) is 12.2. The zero-order valence-electron chi connectivity index (χ0n) is 23.1. The van der Waals surface area contributed by atoms with E-state index in [0.29, 0.717) is 5.56 Å². The van der Waals surface area contributed by atoms with Crippen molar-refractivity contribution in [1.82, 2.24) is 15.3 Å². The van der Waals surface area contributed by atoms with Crippen LogP contribution in [0.2, 0.25) is 0 Å². The predicted octanol–water partition coefficient (Wildman–Crippen LogP) is 0.853. The molecule has 14 nitrogen and oxygen atoms in total. The van der Waals surface area contributed by atoms with Crippen LogP contribution in [0.1, 0.15) is 36.7 Å². The highest BCUT2D eigenvalue weighted by Gasteiger charge is 2.52. The first-order valence-electron chi connectivity index (χ1n) is 12.6. The monoisotopic (exact) mass is 610 g/mol. The van der Waals surface area contributed by atoms with Crippen LogP contribution in [0.15, 0.2) is 55.0 Å². The number of para-hydroxylation sites is 1. The van der Waals surface area contributed by atoms with E-state index in [2.05, 4.69) is 20.0 Å². The van der Waals surface area contributed by atoms with Gasteiger partial charge in [0.25, 0.3) is 5.25 Å². The number of aliphatic hydroxyl groups excluding tert-OH is 3. The largest absolute Gasteiger partial charge is 0.480 e. The van der Waals surface area contributed by atoms with Crippen LogP contribution in [-0.4, -0.2) is 95.3 Å². The number of aliphatic carboxylic acids is 1. The number of carbonyl (C=O) groups is 3. The topological polar surface area (TPSA) is 238 Å². The number of nitrogens with one attached hydrogen (secondary N) is 2. The lowest BCUT2D eigenvalue weighted by molar-refractivity contribution is -0.169. The lowest BCUT2D eigenvalue weighted by atomic mass is 10.1. The quantitative estimate of drug-likeness (QED) is 0.182. The molecule has 3 heterocycles. The second-order valence-corrected chi connectivity index (χ2v) is 10.6. The summed E-state index contributed by atoms with van der Waals surface area (Å²) in [5.41, 5.74) is 6.47. The lowest BCUT2D eigenvalue weighted by Crippen LogP contribution is -2.44. The number of fused-ring (bicyclic) bond motifs is 1. The van der Waals surface area contributed by atoms with Crippen LogP contribution in [0.5, 0.6) is 0 Å². The fourth-order valence-corrected chi connectivity index (χ4v) is 3.83. The number of hydrogen-bond acceptors (Lipinski definition) is 10. The third kappa shape index (κ3) is 10.2. The van der Waals surface area contributed by atoms with Gasteiger partial charge in [0.05, 0.1) is 12.2 Å². The van der Waals surface area contributed by atoms with E-state index in [4.69, 9.17) is 42.5 Å². The number of alkyl halides is 1. The number of aromatic nitrogens is 2. The Labute approximate surface area is 246 Å². The summed E-state index contributed by atoms with van der Waals surface area (Å²) in [6.45, 7) is 4.67. The summed E-state index contributed by atoms with van der Waals surface area (Å²) in [6.07, 6.45) is 0.237. The summed E-state index contributed by atoms with van der Waals surface area (Å²) in [7, 11) is 0. The van der Waals surface area contributed by atoms with Crippen LogP contribution in [0.4, 0.5) is 4.79 Å². The Morgan fingerprint density at radius 1 is 1.21 bits per heavy atom. The standard InChI is InChI=1S/C16H20N2O4.C6H6N2O.C5H9ClO5/c1-16(2,3)22-15(21)18-13(14(19)20)8-10-9-17-12-7-5-4-6-11(10)12;7-6(9)5-2-1-3-8-4-5;6-5(10)4(9)3(8)2(1-7)11-5/h4-7,9,13,17H,8H2,1-3H3,(H,18,21)(H,19,20);1-4H,(H2,7,9);2-4,7-10H,1H2/t13-;;2-,3-,4-,5?/m0.1/s1. The summed E-state index contributed by atoms with van der Waals surface area (Å²) >= 11 is 5.20. The van der Waals surface area contributed by atoms with Crippen LogP contribution < -0.4 is 11.1 Å². The van der Waals surface area contributed by atoms with E-state index in [0.717, 1.165) is 16.5 Å². The van der Waals surface area contributed by atoms with E-state index in [1.165, 1.54) is 6.20 Å². The van der Waals surface area contributed by atoms with E-state index in [1.54, 1.807) is 45.3 Å². The van der Waals surface area contributed by atoms with Gasteiger partial charge in [-0.1, -0.05) is 29.8 Å². The summed E-state index contributed by atoms with van der Waals surface area (Å²) in [4.78, 5) is 40.3. The zero-order chi connectivity index (χ0) is 31.7. The molecule has 230 valence electrons. The van der Waals surface area contributed by atoms with Gasteiger partial charge in [0.1, 0.15) is 23.9 Å². The van der Waals surface area contributed by atoms with Crippen molar-refractivity contribution in [2.24, 2.45) is 5.73 Å². The number of carboxylic acid groups (broad SMARTS) is 1. The molecular weight excluding hydrogens is 576 g/mol. The number of aliphatic hydroxyl groups is 4. The van der Waals surface area contributed by atoms with Crippen molar-refractivity contribution in [3.63, 3.8) is 0 Å². The first-order chi connectivity index (χ1) is 19.6. The molecule has 1 unspecified atom stereocenters. The van der Waals surface area contributed by atoms with Gasteiger partial charge in [-0.2, -0.15) is 0 Å². The number of nitrogens with zero attached hydrogens (tertiary/aromatic N) is 1. The smallest absolute Gasteiger partial charge is 0.408 e. The number of carbonyl (C=O) groups excluding carboxylic acids is 2. The van der Waals surface area contributed by atoms with Crippen LogP contribution in [-0.2, 0) is 20.7 Å². The van der Waals surface area contributed by atoms with Crippen LogP contribution in [0.3, 0.4) is 0 Å². The average Bonchev–Trinajstić information content (AvgIpc) is 3.41. The van der Waals surface area contributed by atoms with Crippen molar-refractivity contribution in [2.45, 2.75) is 62.4 Å². The Morgan fingerprint density at radius 2 is 1.88 bits per heavy atom. The van der Waals surface area contributed by atoms with Crippen molar-refractivity contribution < 1.29 is 49.4 Å². The Morgan fingerprint density at radius 3 is 2.33 bits per heavy atom. The number of hydrogen-bond donors (Lipinski definition) is 8. The van der Waals surface area contributed by atoms with Gasteiger partial charge in [0.2, 0.25) is 5.91 Å². The molecule has 5 atom stereocenters. The van der Waals surface area contributed by atoms with Gasteiger partial charge in [0.15, 0.2) is 6.10 Å². The van der Waals surface area contributed by atoms with Gasteiger partial charge in [-0.3, -0.25) is 9.78 Å². The molecule has 0 aliphatic carbocycles. The molecule has 0 bridgehead atoms. The highest BCUT2D eigenvalue weighted by Crippen LogP contribution is 2.32. The van der Waals surface area contributed by atoms with Crippen molar-refractivity contribution in [1.29, 1.82) is 0 Å². The van der Waals surface area contributed by atoms with Crippen molar-refractivity contribution in [3.05, 3.63) is 66.1 Å². The van der Waals surface area contributed by atoms with Gasteiger partial charge in [-0.25, -0.2) is 9.59 Å². The second-order valence-electron chi connectivity index (χ2n) is 10.1. The molecule has 1 aliphatic heterocycles. The van der Waals surface area contributed by atoms with Gasteiger partial charge < -0.3 is 51.0 Å². The third-order valence-electron chi connectivity index (χ3n) is 5.60. The van der Waals surface area contributed by atoms with E-state index in [1.807, 2.05) is 24.3 Å². The van der Waals surface area contributed by atoms with Crippen molar-refractivity contribution in [3.8, 4) is 0 Å². The van der Waals surface area contributed by atoms with Crippen molar-refractivity contribution >= 4 is 40.5 Å². The van der Waals surface area contributed by atoms with Gasteiger partial charge >= 0.3 is 12.1 Å². The molecule has 0 saturated carbocycles. The van der Waals surface area contributed by atoms with Crippen LogP contribution in [0.25, 0.3) is 10.9 Å². The number of benzene rings is 1. The highest BCUT2D eigenvalue weighted by atomic mass is 35.5. The number of H-pyrrole nitrogens is 1. The molecule has 15 heteroatoms. The fraction of sp³-hybridized carbons (Fsp3) is 0.407. The number of alkyl carbamates (subject to hydrolysis) is 1. The number of rotatable bonds is 6. The Bertz CT molecular complexity index is 1330. The summed E-state index contributed by atoms with van der Waals surface area (Å²) in [6, 6.07) is 9.85. The van der Waals surface area contributed by atoms with Crippen molar-refractivity contribution in [2.75, 3.05) is 6.61 Å². The number of carboxylic acids is 1. The summed E-state index contributed by atoms with van der Waals surface area (Å²) < 4.78 is 9.60. The van der Waals surface area contributed by atoms with E-state index in [-0.39, 0.29) is 6.42 Å². The molecular formula is C27H35ClN4O10. The summed E-state index contributed by atoms with van der Waals surface area (Å²) in [5.74, 6) is -1.54. The molecule has 1 aromatic carbocycles. The maximum Gasteiger partial charge on any atom is 0.408 e. The number of primary amides is 1. The minimum absolute atomic E-state index is 0.179. The molecule has 3 aromatic rings. The van der Waals surface area contributed by atoms with Crippen LogP contribution >= 0.6 is 11.6 Å². The lowest BCUT2D eigenvalue weighted by Gasteiger charge is -2.21. The summed E-state index contributed by atoms with van der Waals surface area (Å²) in [5, 5.41) is 45.8. The molecule has 2 amide bonds. The van der Waals surface area contributed by atoms with Gasteiger partial charge in [0, 0.05) is 35.9 Å². The molecule has 0 spiro atoms. The van der Waals surface area contributed by atoms with Gasteiger partial charge in [-0.05, 0) is 44.5 Å². The molecule has 4 rings (SSSR count). The first-order valence-corrected chi connectivity index (χ1v) is 13.0. The maximum absolute atomic E-state index is 11.8. The SMILES string of the molecule is CC(C)(C)OC(=O)N[C@@H](Cc1c[nH]c2ccccc12)C(=O)O.NC(=O)c1cccnc1.OC[C@H]1OC(O)(Cl)[C@H](O)[C@@H]1O. The van der Waals surface area contributed by atoms with E-state index in [9.17, 15) is 19.5 Å². The number of ether oxygens (including phenoxy) is 2. The molecule has 2 aromatic heterocycles. The molecule has 42 heavy (non-hydrogen) atoms. The maximum atomic E-state index is 11.8. The second kappa shape index (κ2) is 14.9. The first kappa shape index (κ1) is 34.4. The number of pyridine rings is 1. The minimum Gasteiger partial charge on any atom is -0.480 e. The number of nitrogens with two attached hydrogens (primary N) is 1. The number of halogens is 1. The third-order valence-corrected chi connectivity index (χ3v) is 5.91. The highest BCUT2D eigenvalue weighted by molar-refractivity contribution is 6.22. The Balaban J connectivity index is 0.000000255.